The highest BCUT2D eigenvalue weighted by molar-refractivity contribution is 6.51. The van der Waals surface area contributed by atoms with Crippen LogP contribution in [0.5, 0.6) is 0 Å². The summed E-state index contributed by atoms with van der Waals surface area (Å²) in [5.74, 6) is -2.31. The second-order valence-electron chi connectivity index (χ2n) is 7.23. The summed E-state index contributed by atoms with van der Waals surface area (Å²) < 4.78 is 19.4. The van der Waals surface area contributed by atoms with Gasteiger partial charge in [0.15, 0.2) is 0 Å². The summed E-state index contributed by atoms with van der Waals surface area (Å²) in [6.07, 6.45) is 1.41. The van der Waals surface area contributed by atoms with Crippen molar-refractivity contribution in [3.05, 3.63) is 108 Å². The number of halogens is 1. The van der Waals surface area contributed by atoms with E-state index in [2.05, 4.69) is 0 Å². The van der Waals surface area contributed by atoms with E-state index < -0.39 is 23.5 Å². The molecule has 1 amide bonds. The van der Waals surface area contributed by atoms with Crippen molar-refractivity contribution in [1.29, 1.82) is 0 Å². The van der Waals surface area contributed by atoms with Crippen molar-refractivity contribution in [2.75, 3.05) is 4.90 Å². The minimum Gasteiger partial charge on any atom is -0.507 e. The van der Waals surface area contributed by atoms with Crippen LogP contribution in [-0.4, -0.2) is 16.8 Å². The normalized spacial score (nSPS) is 18.1. The monoisotopic (exact) mass is 413 g/mol. The van der Waals surface area contributed by atoms with Gasteiger partial charge in [-0.15, -0.1) is 0 Å². The van der Waals surface area contributed by atoms with Gasteiger partial charge >= 0.3 is 0 Å². The fourth-order valence-electron chi connectivity index (χ4n) is 3.93. The SMILES string of the molecule is O=C1C(=O)N(c2cccc(F)c2)C(c2ccco2)/C1=C(/O)c1ccc2ccccc2c1. The van der Waals surface area contributed by atoms with Crippen LogP contribution in [0.4, 0.5) is 10.1 Å². The Morgan fingerprint density at radius 1 is 0.903 bits per heavy atom. The number of carbonyl (C=O) groups is 2. The zero-order valence-electron chi connectivity index (χ0n) is 16.2. The first-order valence-electron chi connectivity index (χ1n) is 9.64. The number of nitrogens with zero attached hydrogens (tertiary/aromatic N) is 1. The lowest BCUT2D eigenvalue weighted by molar-refractivity contribution is -0.132. The number of amides is 1. The third-order valence-electron chi connectivity index (χ3n) is 5.37. The maximum absolute atomic E-state index is 13.9. The average Bonchev–Trinajstić information content (AvgIpc) is 3.40. The van der Waals surface area contributed by atoms with Gasteiger partial charge in [0.2, 0.25) is 0 Å². The van der Waals surface area contributed by atoms with Crippen LogP contribution in [0.1, 0.15) is 17.4 Å². The molecule has 4 aromatic rings. The maximum Gasteiger partial charge on any atom is 0.300 e. The van der Waals surface area contributed by atoms with Crippen LogP contribution in [0.3, 0.4) is 0 Å². The molecule has 1 N–H and O–H groups in total. The van der Waals surface area contributed by atoms with Crippen LogP contribution in [0, 0.1) is 5.82 Å². The number of rotatable bonds is 3. The fourth-order valence-corrected chi connectivity index (χ4v) is 3.93. The number of hydrogen-bond donors (Lipinski definition) is 1. The van der Waals surface area contributed by atoms with Gasteiger partial charge in [0.05, 0.1) is 11.8 Å². The first-order valence-corrected chi connectivity index (χ1v) is 9.64. The van der Waals surface area contributed by atoms with Crippen LogP contribution in [0.2, 0.25) is 0 Å². The topological polar surface area (TPSA) is 70.8 Å². The van der Waals surface area contributed by atoms with Crippen molar-refractivity contribution >= 4 is 33.9 Å². The number of fused-ring (bicyclic) bond motifs is 1. The first-order chi connectivity index (χ1) is 15.0. The summed E-state index contributed by atoms with van der Waals surface area (Å²) in [5, 5.41) is 13.0. The number of hydrogen-bond acceptors (Lipinski definition) is 4. The van der Waals surface area contributed by atoms with Crippen LogP contribution in [0.25, 0.3) is 16.5 Å². The van der Waals surface area contributed by atoms with E-state index in [1.165, 1.54) is 24.5 Å². The second kappa shape index (κ2) is 7.25. The summed E-state index contributed by atoms with van der Waals surface area (Å²) in [6.45, 7) is 0. The van der Waals surface area contributed by atoms with Gasteiger partial charge in [0.25, 0.3) is 11.7 Å². The smallest absolute Gasteiger partial charge is 0.300 e. The third-order valence-corrected chi connectivity index (χ3v) is 5.37. The Bertz CT molecular complexity index is 1360. The van der Waals surface area contributed by atoms with Crippen LogP contribution >= 0.6 is 0 Å². The van der Waals surface area contributed by atoms with Crippen molar-refractivity contribution in [3.63, 3.8) is 0 Å². The van der Waals surface area contributed by atoms with Gasteiger partial charge in [-0.25, -0.2) is 4.39 Å². The summed E-state index contributed by atoms with van der Waals surface area (Å²) in [4.78, 5) is 27.1. The molecule has 0 aliphatic carbocycles. The lowest BCUT2D eigenvalue weighted by Gasteiger charge is -2.23. The molecule has 6 heteroatoms. The van der Waals surface area contributed by atoms with E-state index in [-0.39, 0.29) is 22.8 Å². The summed E-state index contributed by atoms with van der Waals surface area (Å²) in [5.41, 5.74) is 0.480. The number of carbonyl (C=O) groups excluding carboxylic acids is 2. The quantitative estimate of drug-likeness (QED) is 0.285. The number of anilines is 1. The molecule has 0 saturated carbocycles. The van der Waals surface area contributed by atoms with Gasteiger partial charge in [-0.05, 0) is 47.2 Å². The Hall–Kier alpha value is -4.19. The number of furan rings is 1. The zero-order chi connectivity index (χ0) is 21.5. The predicted octanol–water partition coefficient (Wildman–Crippen LogP) is 5.20. The Labute approximate surface area is 176 Å². The molecule has 5 nitrogen and oxygen atoms in total. The minimum atomic E-state index is -1.02. The number of benzene rings is 3. The van der Waals surface area contributed by atoms with E-state index in [0.717, 1.165) is 21.7 Å². The molecular weight excluding hydrogens is 397 g/mol. The highest BCUT2D eigenvalue weighted by atomic mass is 19.1. The largest absolute Gasteiger partial charge is 0.507 e. The van der Waals surface area contributed by atoms with Gasteiger partial charge in [-0.3, -0.25) is 14.5 Å². The molecule has 1 saturated heterocycles. The summed E-state index contributed by atoms with van der Waals surface area (Å²) in [7, 11) is 0. The Balaban J connectivity index is 1.72. The Morgan fingerprint density at radius 2 is 1.71 bits per heavy atom. The summed E-state index contributed by atoms with van der Waals surface area (Å²) in [6, 6.07) is 20.5. The van der Waals surface area contributed by atoms with E-state index >= 15 is 0 Å². The molecule has 5 rings (SSSR count). The van der Waals surface area contributed by atoms with E-state index in [1.54, 1.807) is 24.3 Å². The Morgan fingerprint density at radius 3 is 2.45 bits per heavy atom. The van der Waals surface area contributed by atoms with E-state index in [0.29, 0.717) is 5.56 Å². The predicted molar refractivity (Wildman–Crippen MR) is 114 cm³/mol. The standard InChI is InChI=1S/C25H16FNO4/c26-18-7-3-8-19(14-18)27-22(20-9-4-12-31-20)21(24(29)25(27)30)23(28)17-11-10-15-5-1-2-6-16(15)13-17/h1-14,22,28H/b23-21-. The van der Waals surface area contributed by atoms with Crippen molar-refractivity contribution < 1.29 is 23.5 Å². The van der Waals surface area contributed by atoms with Gasteiger partial charge in [-0.2, -0.15) is 0 Å². The lowest BCUT2D eigenvalue weighted by atomic mass is 9.97. The molecule has 1 aliphatic rings. The number of Topliss-reactive ketones (excluding diaryl/α,β-unsaturated/α-hetero) is 1. The molecule has 2 heterocycles. The van der Waals surface area contributed by atoms with Gasteiger partial charge < -0.3 is 9.52 Å². The first kappa shape index (κ1) is 18.8. The van der Waals surface area contributed by atoms with E-state index in [9.17, 15) is 19.1 Å². The number of ketones is 1. The van der Waals surface area contributed by atoms with E-state index in [4.69, 9.17) is 4.42 Å². The molecule has 1 aromatic heterocycles. The molecule has 1 atom stereocenters. The molecule has 0 bridgehead atoms. The van der Waals surface area contributed by atoms with Gasteiger partial charge in [0.1, 0.15) is 23.4 Å². The highest BCUT2D eigenvalue weighted by Crippen LogP contribution is 2.42. The number of aliphatic hydroxyl groups excluding tert-OH is 1. The maximum atomic E-state index is 13.9. The molecule has 0 radical (unpaired) electrons. The van der Waals surface area contributed by atoms with Crippen molar-refractivity contribution in [3.8, 4) is 0 Å². The van der Waals surface area contributed by atoms with Gasteiger partial charge in [-0.1, -0.05) is 42.5 Å². The minimum absolute atomic E-state index is 0.112. The van der Waals surface area contributed by atoms with Crippen LogP contribution in [0.15, 0.2) is 95.1 Å². The molecule has 1 fully saturated rings. The average molecular weight is 413 g/mol. The van der Waals surface area contributed by atoms with E-state index in [1.807, 2.05) is 30.3 Å². The molecular formula is C25H16FNO4. The third kappa shape index (κ3) is 3.09. The lowest BCUT2D eigenvalue weighted by Crippen LogP contribution is -2.29. The molecule has 0 spiro atoms. The van der Waals surface area contributed by atoms with Crippen LogP contribution in [-0.2, 0) is 9.59 Å². The van der Waals surface area contributed by atoms with Crippen molar-refractivity contribution in [2.24, 2.45) is 0 Å². The Kier molecular flexibility index (Phi) is 4.40. The number of aliphatic hydroxyl groups is 1. The second-order valence-corrected chi connectivity index (χ2v) is 7.23. The van der Waals surface area contributed by atoms with Gasteiger partial charge in [0, 0.05) is 11.3 Å². The zero-order valence-corrected chi connectivity index (χ0v) is 16.2. The highest BCUT2D eigenvalue weighted by Gasteiger charge is 2.48. The van der Waals surface area contributed by atoms with Crippen LogP contribution < -0.4 is 4.90 Å². The van der Waals surface area contributed by atoms with Crippen molar-refractivity contribution in [1.82, 2.24) is 0 Å². The molecule has 1 unspecified atom stereocenters. The molecule has 3 aromatic carbocycles. The summed E-state index contributed by atoms with van der Waals surface area (Å²) >= 11 is 0. The molecule has 31 heavy (non-hydrogen) atoms. The van der Waals surface area contributed by atoms with Crippen molar-refractivity contribution in [2.45, 2.75) is 6.04 Å². The molecule has 1 aliphatic heterocycles. The fraction of sp³-hybridized carbons (Fsp3) is 0.0400. The molecule has 152 valence electrons.